The Kier molecular flexibility index (Phi) is 10.2. The first-order chi connectivity index (χ1) is 22.2. The number of anilines is 2. The molecule has 2 aliphatic rings. The van der Waals surface area contributed by atoms with Gasteiger partial charge in [0.1, 0.15) is 11.4 Å². The molecule has 1 aromatic heterocycles. The number of carbonyl (C=O) groups is 1. The van der Waals surface area contributed by atoms with E-state index in [9.17, 15) is 31.1 Å². The molecular formula is C31H32ClF6N5O4. The Bertz CT molecular complexity index is 1550. The average Bonchev–Trinajstić information content (AvgIpc) is 3.05. The first-order valence-electron chi connectivity index (χ1n) is 14.7. The van der Waals surface area contributed by atoms with Crippen molar-refractivity contribution in [2.75, 3.05) is 76.0 Å². The van der Waals surface area contributed by atoms with E-state index >= 15 is 0 Å². The normalized spacial score (nSPS) is 17.7. The third-order valence-electron chi connectivity index (χ3n) is 8.07. The maximum atomic E-state index is 14.6. The first-order valence-corrected chi connectivity index (χ1v) is 15.0. The molecular weight excluding hydrogens is 656 g/mol. The molecule has 3 heterocycles. The van der Waals surface area contributed by atoms with Crippen molar-refractivity contribution in [2.24, 2.45) is 0 Å². The predicted octanol–water partition coefficient (Wildman–Crippen LogP) is 6.05. The zero-order chi connectivity index (χ0) is 34.0. The molecule has 0 aliphatic carbocycles. The van der Waals surface area contributed by atoms with Gasteiger partial charge in [-0.05, 0) is 42.8 Å². The fraction of sp³-hybridized carbons (Fsp3) is 0.452. The Labute approximate surface area is 272 Å². The summed E-state index contributed by atoms with van der Waals surface area (Å²) in [6.07, 6.45) is -8.89. The molecule has 2 fully saturated rings. The maximum absolute atomic E-state index is 14.6. The second kappa shape index (κ2) is 13.8. The Morgan fingerprint density at radius 1 is 0.915 bits per heavy atom. The van der Waals surface area contributed by atoms with Crippen molar-refractivity contribution >= 4 is 29.1 Å². The molecule has 2 aliphatic heterocycles. The summed E-state index contributed by atoms with van der Waals surface area (Å²) in [5.74, 6) is -0.447. The third kappa shape index (κ3) is 7.91. The van der Waals surface area contributed by atoms with Crippen LogP contribution in [0.15, 0.2) is 48.7 Å². The molecule has 0 saturated carbocycles. The van der Waals surface area contributed by atoms with Gasteiger partial charge in [0.05, 0.1) is 54.2 Å². The van der Waals surface area contributed by atoms with E-state index in [1.165, 1.54) is 20.2 Å². The highest BCUT2D eigenvalue weighted by atomic mass is 35.5. The molecule has 1 atom stereocenters. The highest BCUT2D eigenvalue weighted by molar-refractivity contribution is 6.32. The molecule has 3 aromatic rings. The molecule has 0 spiro atoms. The third-order valence-corrected chi connectivity index (χ3v) is 8.38. The molecule has 2 aromatic carbocycles. The molecule has 1 unspecified atom stereocenters. The summed E-state index contributed by atoms with van der Waals surface area (Å²) in [5, 5.41) is 0.236. The lowest BCUT2D eigenvalue weighted by atomic mass is 9.78. The molecule has 9 nitrogen and oxygen atoms in total. The molecule has 2 saturated heterocycles. The Balaban J connectivity index is 1.62. The highest BCUT2D eigenvalue weighted by Gasteiger charge is 2.45. The van der Waals surface area contributed by atoms with Crippen molar-refractivity contribution in [3.63, 3.8) is 0 Å². The van der Waals surface area contributed by atoms with Crippen LogP contribution in [0.2, 0.25) is 5.02 Å². The van der Waals surface area contributed by atoms with Crippen molar-refractivity contribution in [1.29, 1.82) is 0 Å². The van der Waals surface area contributed by atoms with Gasteiger partial charge in [0.15, 0.2) is 0 Å². The molecule has 5 rings (SSSR count). The van der Waals surface area contributed by atoms with Crippen LogP contribution in [0.1, 0.15) is 23.6 Å². The highest BCUT2D eigenvalue weighted by Crippen LogP contribution is 2.41. The predicted molar refractivity (Wildman–Crippen MR) is 161 cm³/mol. The van der Waals surface area contributed by atoms with Crippen LogP contribution in [0.25, 0.3) is 0 Å². The molecule has 254 valence electrons. The van der Waals surface area contributed by atoms with E-state index in [1.54, 1.807) is 29.2 Å². The average molecular weight is 688 g/mol. The fourth-order valence-electron chi connectivity index (χ4n) is 5.45. The summed E-state index contributed by atoms with van der Waals surface area (Å²) in [6.45, 7) is 4.14. The summed E-state index contributed by atoms with van der Waals surface area (Å²) >= 11 is 6.35. The van der Waals surface area contributed by atoms with Crippen molar-refractivity contribution < 1.29 is 45.3 Å². The van der Waals surface area contributed by atoms with Gasteiger partial charge in [0, 0.05) is 39.8 Å². The first kappa shape index (κ1) is 34.7. The van der Waals surface area contributed by atoms with E-state index < -0.39 is 40.4 Å². The minimum Gasteiger partial charge on any atom is -0.435 e. The van der Waals surface area contributed by atoms with Crippen molar-refractivity contribution in [2.45, 2.75) is 24.7 Å². The van der Waals surface area contributed by atoms with Crippen LogP contribution in [0.3, 0.4) is 0 Å². The summed E-state index contributed by atoms with van der Waals surface area (Å²) in [7, 11) is 1.34. The minimum atomic E-state index is -5.11. The van der Waals surface area contributed by atoms with Gasteiger partial charge in [-0.1, -0.05) is 23.7 Å². The molecule has 1 amide bonds. The number of morpholine rings is 2. The zero-order valence-electron chi connectivity index (χ0n) is 25.5. The number of para-hydroxylation sites is 1. The van der Waals surface area contributed by atoms with E-state index in [4.69, 9.17) is 25.8 Å². The van der Waals surface area contributed by atoms with Crippen LogP contribution in [0.5, 0.6) is 11.6 Å². The smallest absolute Gasteiger partial charge is 0.416 e. The van der Waals surface area contributed by atoms with Crippen LogP contribution in [0.4, 0.5) is 38.0 Å². The largest absolute Gasteiger partial charge is 0.435 e. The van der Waals surface area contributed by atoms with Gasteiger partial charge >= 0.3 is 12.4 Å². The SMILES string of the molecule is CN(C(=O)C(C)(CN1CCOCC1)c1cc(C(F)(F)F)cc(C(F)(F)F)c1)c1cnc(N2CCOCC2)nc1Oc1ccccc1Cl. The number of amides is 1. The van der Waals surface area contributed by atoms with E-state index in [1.807, 2.05) is 4.90 Å². The van der Waals surface area contributed by atoms with Gasteiger partial charge < -0.3 is 24.0 Å². The lowest BCUT2D eigenvalue weighted by Gasteiger charge is -2.39. The summed E-state index contributed by atoms with van der Waals surface area (Å²) in [6, 6.07) is 7.76. The number of alkyl halides is 6. The van der Waals surface area contributed by atoms with Crippen LogP contribution >= 0.6 is 11.6 Å². The number of carbonyl (C=O) groups excluding carboxylic acids is 1. The maximum Gasteiger partial charge on any atom is 0.416 e. The van der Waals surface area contributed by atoms with Gasteiger partial charge in [-0.15, -0.1) is 0 Å². The minimum absolute atomic E-state index is 0.0168. The standard InChI is InChI=1S/C31H32ClF6N5O4/c1-29(19-42-7-11-45-12-8-42,20-15-21(30(33,34)35)17-22(16-20)31(36,37)38)27(44)41(2)24-18-39-28(43-9-13-46-14-10-43)40-26(24)47-25-6-4-3-5-23(25)32/h3-6,15-18H,7-14,19H2,1-2H3. The van der Waals surface area contributed by atoms with Crippen LogP contribution in [0, 0.1) is 0 Å². The van der Waals surface area contributed by atoms with E-state index in [0.717, 1.165) is 4.90 Å². The van der Waals surface area contributed by atoms with Crippen molar-refractivity contribution in [1.82, 2.24) is 14.9 Å². The Hall–Kier alpha value is -3.66. The number of likely N-dealkylation sites (N-methyl/N-ethyl adjacent to an activating group) is 1. The number of rotatable bonds is 8. The monoisotopic (exact) mass is 687 g/mol. The number of halogens is 7. The fourth-order valence-corrected chi connectivity index (χ4v) is 5.62. The summed E-state index contributed by atoms with van der Waals surface area (Å²) in [4.78, 5) is 28.2. The number of nitrogens with zero attached hydrogens (tertiary/aromatic N) is 5. The van der Waals surface area contributed by atoms with Gasteiger partial charge in [0.2, 0.25) is 17.7 Å². The second-order valence-corrected chi connectivity index (χ2v) is 11.8. The molecule has 0 bridgehead atoms. The van der Waals surface area contributed by atoms with Crippen LogP contribution < -0.4 is 14.5 Å². The van der Waals surface area contributed by atoms with Gasteiger partial charge in [0.25, 0.3) is 0 Å². The van der Waals surface area contributed by atoms with Crippen molar-refractivity contribution in [3.05, 3.63) is 70.4 Å². The van der Waals surface area contributed by atoms with Gasteiger partial charge in [-0.2, -0.15) is 31.3 Å². The number of ether oxygens (including phenoxy) is 3. The topological polar surface area (TPSA) is 80.3 Å². The Morgan fingerprint density at radius 3 is 2.04 bits per heavy atom. The molecule has 0 N–H and O–H groups in total. The number of benzene rings is 2. The summed E-state index contributed by atoms with van der Waals surface area (Å²) in [5.41, 5.74) is -5.40. The molecule has 0 radical (unpaired) electrons. The Morgan fingerprint density at radius 2 is 1.47 bits per heavy atom. The lowest BCUT2D eigenvalue weighted by Crippen LogP contribution is -2.53. The van der Waals surface area contributed by atoms with Gasteiger partial charge in [-0.25, -0.2) is 4.98 Å². The second-order valence-electron chi connectivity index (χ2n) is 11.4. The van der Waals surface area contributed by atoms with Crippen LogP contribution in [-0.4, -0.2) is 87.0 Å². The quantitative estimate of drug-likeness (QED) is 0.265. The molecule has 47 heavy (non-hydrogen) atoms. The number of hydrogen-bond donors (Lipinski definition) is 0. The zero-order valence-corrected chi connectivity index (χ0v) is 26.3. The van der Waals surface area contributed by atoms with Gasteiger partial charge in [-0.3, -0.25) is 9.69 Å². The van der Waals surface area contributed by atoms with Crippen LogP contribution in [-0.2, 0) is 32.0 Å². The van der Waals surface area contributed by atoms with Crippen molar-refractivity contribution in [3.8, 4) is 11.6 Å². The van der Waals surface area contributed by atoms with E-state index in [2.05, 4.69) is 9.97 Å². The lowest BCUT2D eigenvalue weighted by molar-refractivity contribution is -0.143. The summed E-state index contributed by atoms with van der Waals surface area (Å²) < 4.78 is 101. The van der Waals surface area contributed by atoms with E-state index in [0.29, 0.717) is 51.5 Å². The molecule has 16 heteroatoms. The number of aromatic nitrogens is 2. The van der Waals surface area contributed by atoms with E-state index in [-0.39, 0.29) is 54.1 Å². The number of hydrogen-bond acceptors (Lipinski definition) is 8.